The number of ether oxygens (including phenoxy) is 2. The fourth-order valence-corrected chi connectivity index (χ4v) is 2.54. The van der Waals surface area contributed by atoms with Gasteiger partial charge < -0.3 is 23.8 Å². The predicted octanol–water partition coefficient (Wildman–Crippen LogP) is 2.61. The number of carbonyl (C=O) groups is 1. The van der Waals surface area contributed by atoms with Gasteiger partial charge >= 0.3 is 13.6 Å². The molecule has 116 valence electrons. The maximum atomic E-state index is 12.3. The Morgan fingerprint density at radius 3 is 2.10 bits per heavy atom. The molecule has 0 heterocycles. The molecule has 1 aromatic rings. The molecular formula is C13H18NO6P. The van der Waals surface area contributed by atoms with E-state index in [0.29, 0.717) is 11.4 Å². The maximum Gasteiger partial charge on any atom is 0.369 e. The molecule has 0 amide bonds. The predicted molar refractivity (Wildman–Crippen MR) is 78.3 cm³/mol. The second-order valence-corrected chi connectivity index (χ2v) is 5.96. The van der Waals surface area contributed by atoms with Crippen LogP contribution in [0.4, 0.5) is 5.69 Å². The summed E-state index contributed by atoms with van der Waals surface area (Å²) < 4.78 is 31.5. The Bertz CT molecular complexity index is 546. The zero-order valence-corrected chi connectivity index (χ0v) is 13.2. The first kappa shape index (κ1) is 17.2. The Morgan fingerprint density at radius 1 is 1.10 bits per heavy atom. The molecule has 0 bridgehead atoms. The number of hydrogen-bond donors (Lipinski definition) is 1. The first-order chi connectivity index (χ1) is 10.0. The van der Waals surface area contributed by atoms with Crippen molar-refractivity contribution in [3.05, 3.63) is 35.8 Å². The summed E-state index contributed by atoms with van der Waals surface area (Å²) in [7, 11) is 1.40. The second kappa shape index (κ2) is 7.83. The van der Waals surface area contributed by atoms with E-state index in [1.165, 1.54) is 27.5 Å². The molecule has 1 aromatic carbocycles. The van der Waals surface area contributed by atoms with Gasteiger partial charge in [0.25, 0.3) is 0 Å². The summed E-state index contributed by atoms with van der Waals surface area (Å²) >= 11 is 0. The molecule has 1 rings (SSSR count). The van der Waals surface area contributed by atoms with Crippen LogP contribution in [-0.4, -0.2) is 34.4 Å². The first-order valence-electron chi connectivity index (χ1n) is 5.92. The SMILES string of the molecule is COC(=O)/C(=C\Nc1ccc(OC)cc1)P(=O)(OC)OC. The molecular weight excluding hydrogens is 297 g/mol. The summed E-state index contributed by atoms with van der Waals surface area (Å²) in [6.45, 7) is 0. The van der Waals surface area contributed by atoms with E-state index in [-0.39, 0.29) is 5.31 Å². The summed E-state index contributed by atoms with van der Waals surface area (Å²) in [6.07, 6.45) is 1.24. The largest absolute Gasteiger partial charge is 0.497 e. The van der Waals surface area contributed by atoms with Crippen LogP contribution in [0.3, 0.4) is 0 Å². The van der Waals surface area contributed by atoms with Gasteiger partial charge in [-0.1, -0.05) is 0 Å². The van der Waals surface area contributed by atoms with Gasteiger partial charge in [0, 0.05) is 26.1 Å². The lowest BCUT2D eigenvalue weighted by Crippen LogP contribution is -2.09. The third-order valence-electron chi connectivity index (χ3n) is 2.64. The second-order valence-electron chi connectivity index (χ2n) is 3.76. The highest BCUT2D eigenvalue weighted by Crippen LogP contribution is 2.54. The van der Waals surface area contributed by atoms with Crippen LogP contribution < -0.4 is 10.1 Å². The average Bonchev–Trinajstić information content (AvgIpc) is 2.54. The van der Waals surface area contributed by atoms with E-state index in [2.05, 4.69) is 10.1 Å². The smallest absolute Gasteiger partial charge is 0.369 e. The third-order valence-corrected chi connectivity index (χ3v) is 4.50. The molecule has 1 N–H and O–H groups in total. The molecule has 7 nitrogen and oxygen atoms in total. The molecule has 0 aliphatic rings. The Hall–Kier alpha value is -1.82. The number of methoxy groups -OCH3 is 2. The summed E-state index contributed by atoms with van der Waals surface area (Å²) in [5.74, 6) is -0.111. The molecule has 0 saturated carbocycles. The molecule has 0 unspecified atom stereocenters. The number of hydrogen-bond acceptors (Lipinski definition) is 7. The van der Waals surface area contributed by atoms with Gasteiger partial charge in [0.2, 0.25) is 0 Å². The zero-order chi connectivity index (χ0) is 15.9. The molecule has 0 aliphatic heterocycles. The van der Waals surface area contributed by atoms with Crippen molar-refractivity contribution in [1.29, 1.82) is 0 Å². The highest BCUT2D eigenvalue weighted by molar-refractivity contribution is 7.59. The Balaban J connectivity index is 3.03. The first-order valence-corrected chi connectivity index (χ1v) is 7.46. The highest BCUT2D eigenvalue weighted by Gasteiger charge is 2.34. The fourth-order valence-electron chi connectivity index (χ4n) is 1.46. The van der Waals surface area contributed by atoms with Crippen LogP contribution in [-0.2, 0) is 23.1 Å². The summed E-state index contributed by atoms with van der Waals surface area (Å²) in [6, 6.07) is 6.93. The van der Waals surface area contributed by atoms with Gasteiger partial charge in [0.15, 0.2) is 5.31 Å². The van der Waals surface area contributed by atoms with Crippen LogP contribution in [0.5, 0.6) is 5.75 Å². The van der Waals surface area contributed by atoms with E-state index in [0.717, 1.165) is 0 Å². The van der Waals surface area contributed by atoms with Crippen LogP contribution in [0.15, 0.2) is 35.8 Å². The van der Waals surface area contributed by atoms with Crippen LogP contribution in [0.1, 0.15) is 0 Å². The van der Waals surface area contributed by atoms with Crippen LogP contribution in [0, 0.1) is 0 Å². The van der Waals surface area contributed by atoms with Gasteiger partial charge in [-0.3, -0.25) is 4.57 Å². The van der Waals surface area contributed by atoms with Crippen molar-refractivity contribution in [2.75, 3.05) is 33.8 Å². The van der Waals surface area contributed by atoms with Crippen LogP contribution >= 0.6 is 7.60 Å². The molecule has 21 heavy (non-hydrogen) atoms. The van der Waals surface area contributed by atoms with E-state index < -0.39 is 13.6 Å². The van der Waals surface area contributed by atoms with Crippen LogP contribution in [0.2, 0.25) is 0 Å². The van der Waals surface area contributed by atoms with E-state index in [9.17, 15) is 9.36 Å². The normalized spacial score (nSPS) is 11.9. The van der Waals surface area contributed by atoms with Crippen LogP contribution in [0.25, 0.3) is 0 Å². The number of benzene rings is 1. The van der Waals surface area contributed by atoms with Gasteiger partial charge in [0.1, 0.15) is 5.75 Å². The molecule has 0 saturated heterocycles. The van der Waals surface area contributed by atoms with Crippen molar-refractivity contribution in [1.82, 2.24) is 0 Å². The molecule has 0 atom stereocenters. The monoisotopic (exact) mass is 315 g/mol. The van der Waals surface area contributed by atoms with E-state index in [1.807, 2.05) is 0 Å². The van der Waals surface area contributed by atoms with Gasteiger partial charge in [-0.15, -0.1) is 0 Å². The number of anilines is 1. The third kappa shape index (κ3) is 4.32. The molecule has 0 fully saturated rings. The minimum absolute atomic E-state index is 0.231. The number of rotatable bonds is 7. The topological polar surface area (TPSA) is 83.1 Å². The number of carbonyl (C=O) groups excluding carboxylic acids is 1. The summed E-state index contributed by atoms with van der Waals surface area (Å²) in [4.78, 5) is 11.7. The van der Waals surface area contributed by atoms with E-state index >= 15 is 0 Å². The van der Waals surface area contributed by atoms with E-state index in [4.69, 9.17) is 13.8 Å². The molecule has 0 spiro atoms. The maximum absolute atomic E-state index is 12.3. The van der Waals surface area contributed by atoms with Crippen molar-refractivity contribution in [3.8, 4) is 5.75 Å². The van der Waals surface area contributed by atoms with Crippen molar-refractivity contribution in [2.45, 2.75) is 0 Å². The summed E-state index contributed by atoms with van der Waals surface area (Å²) in [5, 5.41) is 2.60. The molecule has 0 aromatic heterocycles. The molecule has 0 radical (unpaired) electrons. The highest BCUT2D eigenvalue weighted by atomic mass is 31.2. The van der Waals surface area contributed by atoms with Crippen molar-refractivity contribution >= 4 is 19.3 Å². The fraction of sp³-hybridized carbons (Fsp3) is 0.308. The Labute approximate surface area is 123 Å². The standard InChI is InChI=1S/C13H18NO6P/c1-17-11-7-5-10(6-8-11)14-9-12(13(15)18-2)21(16,19-3)20-4/h5-9,14H,1-4H3/b12-9+. The average molecular weight is 315 g/mol. The Kier molecular flexibility index (Phi) is 6.42. The lowest BCUT2D eigenvalue weighted by atomic mass is 10.3. The lowest BCUT2D eigenvalue weighted by molar-refractivity contribution is -0.135. The van der Waals surface area contributed by atoms with Crippen molar-refractivity contribution in [3.63, 3.8) is 0 Å². The molecule has 8 heteroatoms. The van der Waals surface area contributed by atoms with Gasteiger partial charge in [-0.2, -0.15) is 0 Å². The summed E-state index contributed by atoms with van der Waals surface area (Å²) in [5.41, 5.74) is 0.663. The number of nitrogens with one attached hydrogen (secondary N) is 1. The van der Waals surface area contributed by atoms with Gasteiger partial charge in [0.05, 0.1) is 14.2 Å². The Morgan fingerprint density at radius 2 is 1.67 bits per heavy atom. The van der Waals surface area contributed by atoms with Crippen molar-refractivity contribution < 1.29 is 27.9 Å². The minimum atomic E-state index is -3.72. The quantitative estimate of drug-likeness (QED) is 0.470. The lowest BCUT2D eigenvalue weighted by Gasteiger charge is -2.15. The minimum Gasteiger partial charge on any atom is -0.497 e. The molecule has 0 aliphatic carbocycles. The number of esters is 1. The van der Waals surface area contributed by atoms with E-state index in [1.54, 1.807) is 31.4 Å². The van der Waals surface area contributed by atoms with Gasteiger partial charge in [-0.05, 0) is 24.3 Å². The zero-order valence-electron chi connectivity index (χ0n) is 12.3. The van der Waals surface area contributed by atoms with Gasteiger partial charge in [-0.25, -0.2) is 4.79 Å². The van der Waals surface area contributed by atoms with Crippen molar-refractivity contribution in [2.24, 2.45) is 0 Å².